The van der Waals surface area contributed by atoms with E-state index in [1.165, 1.54) is 0 Å². The zero-order valence-corrected chi connectivity index (χ0v) is 18.7. The van der Waals surface area contributed by atoms with Crippen molar-refractivity contribution in [3.05, 3.63) is 77.6 Å². The maximum absolute atomic E-state index is 16.1. The van der Waals surface area contributed by atoms with Gasteiger partial charge < -0.3 is 9.42 Å². The average molecular weight is 468 g/mol. The number of hydrogen-bond donors (Lipinski definition) is 0. The van der Waals surface area contributed by atoms with Crippen LogP contribution >= 0.6 is 23.2 Å². The molecule has 162 valence electrons. The smallest absolute Gasteiger partial charge is 0.261 e. The third-order valence-corrected chi connectivity index (χ3v) is 6.09. The molecular weight excluding hydrogens is 448 g/mol. The lowest BCUT2D eigenvalue weighted by Gasteiger charge is -2.27. The number of aryl methyl sites for hydroxylation is 1. The highest BCUT2D eigenvalue weighted by Gasteiger charge is 2.26. The van der Waals surface area contributed by atoms with E-state index in [0.717, 1.165) is 22.3 Å². The molecule has 6 rings (SSSR count). The molecule has 4 nitrogen and oxygen atoms in total. The highest BCUT2D eigenvalue weighted by Crippen LogP contribution is 2.39. The minimum absolute atomic E-state index is 0.146. The van der Waals surface area contributed by atoms with Gasteiger partial charge in [0.1, 0.15) is 0 Å². The molecule has 0 atom stereocenters. The fourth-order valence-electron chi connectivity index (χ4n) is 4.17. The molecule has 0 aliphatic carbocycles. The zero-order valence-electron chi connectivity index (χ0n) is 17.2. The Kier molecular flexibility index (Phi) is 5.85. The van der Waals surface area contributed by atoms with Crippen LogP contribution < -0.4 is 4.90 Å². The van der Waals surface area contributed by atoms with Crippen molar-refractivity contribution >= 4 is 28.9 Å². The van der Waals surface area contributed by atoms with Gasteiger partial charge >= 0.3 is 0 Å². The van der Waals surface area contributed by atoms with Gasteiger partial charge in [0.25, 0.3) is 5.89 Å². The summed E-state index contributed by atoms with van der Waals surface area (Å²) in [4.78, 5) is 6.52. The molecule has 6 bridgehead atoms. The van der Waals surface area contributed by atoms with E-state index in [-0.39, 0.29) is 5.89 Å². The number of aromatic nitrogens is 2. The van der Waals surface area contributed by atoms with Crippen LogP contribution in [0.2, 0.25) is 0 Å². The lowest BCUT2D eigenvalue weighted by Crippen LogP contribution is -2.27. The minimum atomic E-state index is -0.402. The Hall–Kier alpha value is -2.89. The second kappa shape index (κ2) is 8.93. The molecule has 3 heterocycles. The van der Waals surface area contributed by atoms with Crippen LogP contribution in [0.5, 0.6) is 0 Å². The first-order valence-corrected chi connectivity index (χ1v) is 11.5. The SMILES string of the molecule is Fc1c2ccc(-c3ccccc3)c1-c1nc(no1)-c1ccc(c(CCCl)c1)CN2CCCl. The van der Waals surface area contributed by atoms with Gasteiger partial charge in [0.15, 0.2) is 5.82 Å². The monoisotopic (exact) mass is 467 g/mol. The fraction of sp³-hybridized carbons (Fsp3) is 0.200. The molecule has 0 spiro atoms. The molecule has 0 unspecified atom stereocenters. The summed E-state index contributed by atoms with van der Waals surface area (Å²) in [6.07, 6.45) is 0.685. The Bertz CT molecular complexity index is 1260. The molecule has 32 heavy (non-hydrogen) atoms. The van der Waals surface area contributed by atoms with Crippen molar-refractivity contribution in [1.29, 1.82) is 0 Å². The highest BCUT2D eigenvalue weighted by atomic mass is 35.5. The van der Waals surface area contributed by atoms with Crippen LogP contribution in [0.3, 0.4) is 0 Å². The number of halogens is 3. The van der Waals surface area contributed by atoms with Crippen molar-refractivity contribution in [2.75, 3.05) is 23.2 Å². The number of fused-ring (bicyclic) bond motifs is 3. The summed E-state index contributed by atoms with van der Waals surface area (Å²) >= 11 is 12.2. The summed E-state index contributed by atoms with van der Waals surface area (Å²) in [7, 11) is 0. The van der Waals surface area contributed by atoms with E-state index in [1.807, 2.05) is 59.5 Å². The van der Waals surface area contributed by atoms with Gasteiger partial charge in [-0.15, -0.1) is 23.2 Å². The topological polar surface area (TPSA) is 42.2 Å². The quantitative estimate of drug-likeness (QED) is 0.312. The maximum atomic E-state index is 16.1. The maximum Gasteiger partial charge on any atom is 0.261 e. The Morgan fingerprint density at radius 3 is 2.59 bits per heavy atom. The summed E-state index contributed by atoms with van der Waals surface area (Å²) in [5, 5.41) is 4.15. The number of alkyl halides is 2. The Morgan fingerprint density at radius 1 is 0.969 bits per heavy atom. The number of hydrogen-bond acceptors (Lipinski definition) is 4. The van der Waals surface area contributed by atoms with E-state index in [2.05, 4.69) is 10.1 Å². The Morgan fingerprint density at radius 2 is 1.81 bits per heavy atom. The Labute approximate surface area is 195 Å². The first kappa shape index (κ1) is 21.0. The number of benzene rings is 3. The molecule has 2 aliphatic rings. The van der Waals surface area contributed by atoms with Gasteiger partial charge in [0, 0.05) is 30.4 Å². The third kappa shape index (κ3) is 3.76. The Balaban J connectivity index is 1.78. The summed E-state index contributed by atoms with van der Waals surface area (Å²) in [6, 6.07) is 19.4. The average Bonchev–Trinajstić information content (AvgIpc) is 3.30. The standard InChI is InChI=1S/C25H20Cl2FN3O/c26-11-10-17-14-18-6-7-19(17)15-31(13-12-27)21-9-8-20(16-4-2-1-3-5-16)22(23(21)28)25-29-24(18)30-32-25/h1-9,14H,10-13,15H2. The number of nitrogens with zero attached hydrogens (tertiary/aromatic N) is 3. The van der Waals surface area contributed by atoms with Crippen molar-refractivity contribution in [3.8, 4) is 34.0 Å². The lowest BCUT2D eigenvalue weighted by molar-refractivity contribution is 0.430. The molecule has 4 aromatic rings. The van der Waals surface area contributed by atoms with Gasteiger partial charge in [-0.2, -0.15) is 4.98 Å². The van der Waals surface area contributed by atoms with E-state index in [4.69, 9.17) is 27.7 Å². The molecule has 0 amide bonds. The second-order valence-corrected chi connectivity index (χ2v) is 8.40. The largest absolute Gasteiger partial charge is 0.364 e. The van der Waals surface area contributed by atoms with E-state index in [0.29, 0.717) is 53.9 Å². The van der Waals surface area contributed by atoms with Crippen molar-refractivity contribution < 1.29 is 8.91 Å². The van der Waals surface area contributed by atoms with Crippen molar-refractivity contribution in [1.82, 2.24) is 10.1 Å². The van der Waals surface area contributed by atoms with E-state index < -0.39 is 5.82 Å². The van der Waals surface area contributed by atoms with Crippen molar-refractivity contribution in [3.63, 3.8) is 0 Å². The van der Waals surface area contributed by atoms with E-state index in [9.17, 15) is 0 Å². The normalized spacial score (nSPS) is 12.5. The summed E-state index contributed by atoms with van der Waals surface area (Å²) in [5.41, 5.74) is 5.26. The molecule has 0 fully saturated rings. The molecule has 7 heteroatoms. The van der Waals surface area contributed by atoms with Crippen LogP contribution in [0, 0.1) is 5.82 Å². The molecule has 0 radical (unpaired) electrons. The molecule has 0 saturated heterocycles. The molecule has 0 N–H and O–H groups in total. The second-order valence-electron chi connectivity index (χ2n) is 7.64. The van der Waals surface area contributed by atoms with Crippen LogP contribution in [-0.2, 0) is 13.0 Å². The molecule has 3 aromatic carbocycles. The van der Waals surface area contributed by atoms with Gasteiger partial charge in [0.05, 0.1) is 11.3 Å². The number of rotatable bonds is 5. The third-order valence-electron chi connectivity index (χ3n) is 5.73. The van der Waals surface area contributed by atoms with Crippen LogP contribution in [0.15, 0.2) is 65.2 Å². The first-order chi connectivity index (χ1) is 15.7. The summed E-state index contributed by atoms with van der Waals surface area (Å²) < 4.78 is 21.7. The lowest BCUT2D eigenvalue weighted by atomic mass is 9.96. The van der Waals surface area contributed by atoms with Gasteiger partial charge in [-0.1, -0.05) is 53.7 Å². The van der Waals surface area contributed by atoms with Crippen LogP contribution in [0.4, 0.5) is 10.1 Å². The predicted octanol–water partition coefficient (Wildman–Crippen LogP) is 6.55. The fourth-order valence-corrected chi connectivity index (χ4v) is 4.57. The molecule has 0 saturated carbocycles. The molecule has 2 aliphatic heterocycles. The summed E-state index contributed by atoms with van der Waals surface area (Å²) in [6.45, 7) is 1.000. The number of anilines is 1. The van der Waals surface area contributed by atoms with Crippen molar-refractivity contribution in [2.45, 2.75) is 13.0 Å². The van der Waals surface area contributed by atoms with Gasteiger partial charge in [-0.05, 0) is 40.8 Å². The van der Waals surface area contributed by atoms with Crippen LogP contribution in [-0.4, -0.2) is 28.4 Å². The van der Waals surface area contributed by atoms with Crippen molar-refractivity contribution in [2.24, 2.45) is 0 Å². The highest BCUT2D eigenvalue weighted by molar-refractivity contribution is 6.18. The molecule has 1 aromatic heterocycles. The van der Waals surface area contributed by atoms with Gasteiger partial charge in [-0.25, -0.2) is 4.39 Å². The van der Waals surface area contributed by atoms with Crippen LogP contribution in [0.25, 0.3) is 34.0 Å². The van der Waals surface area contributed by atoms with E-state index in [1.54, 1.807) is 6.07 Å². The van der Waals surface area contributed by atoms with Gasteiger partial charge in [-0.3, -0.25) is 0 Å². The summed E-state index contributed by atoms with van der Waals surface area (Å²) in [5.74, 6) is 1.01. The predicted molar refractivity (Wildman–Crippen MR) is 127 cm³/mol. The minimum Gasteiger partial charge on any atom is -0.364 e. The molecular formula is C25H20Cl2FN3O. The first-order valence-electron chi connectivity index (χ1n) is 10.4. The van der Waals surface area contributed by atoms with Crippen LogP contribution in [0.1, 0.15) is 11.1 Å². The van der Waals surface area contributed by atoms with E-state index >= 15 is 4.39 Å². The zero-order chi connectivity index (χ0) is 22.1. The van der Waals surface area contributed by atoms with Gasteiger partial charge in [0.2, 0.25) is 5.82 Å².